The van der Waals surface area contributed by atoms with Gasteiger partial charge in [-0.15, -0.1) is 0 Å². The first-order valence-electron chi connectivity index (χ1n) is 1.99. The quantitative estimate of drug-likeness (QED) is 0.313. The predicted octanol–water partition coefficient (Wildman–Crippen LogP) is -1.84. The lowest BCUT2D eigenvalue weighted by atomic mass is 10.4. The van der Waals surface area contributed by atoms with Crippen LogP contribution in [0.25, 0.3) is 0 Å². The van der Waals surface area contributed by atoms with E-state index in [-0.39, 0.29) is 0 Å². The Morgan fingerprint density at radius 2 is 2.11 bits per heavy atom. The minimum absolute atomic E-state index is 0.468. The van der Waals surface area contributed by atoms with E-state index in [1.54, 1.807) is 4.72 Å². The number of Topliss-reactive ketones (excluding diaryl/α,β-unsaturated/α-hetero) is 1. The molecule has 0 aromatic rings. The fourth-order valence-electron chi connectivity index (χ4n) is 0.411. The van der Waals surface area contributed by atoms with E-state index in [0.717, 1.165) is 0 Å². The second-order valence-electron chi connectivity index (χ2n) is 1.48. The minimum Gasteiger partial charge on any atom is -0.298 e. The van der Waals surface area contributed by atoms with Crippen molar-refractivity contribution in [1.82, 2.24) is 4.72 Å². The third-order valence-corrected chi connectivity index (χ3v) is 1.74. The number of carbonyl (C=O) groups is 2. The van der Waals surface area contributed by atoms with Crippen molar-refractivity contribution in [3.8, 4) is 0 Å². The van der Waals surface area contributed by atoms with E-state index in [1.807, 2.05) is 0 Å². The van der Waals surface area contributed by atoms with Gasteiger partial charge in [0.2, 0.25) is 0 Å². The molecule has 1 unspecified atom stereocenters. The normalized spacial score (nSPS) is 33.9. The molecule has 0 radical (unpaired) electrons. The van der Waals surface area contributed by atoms with Gasteiger partial charge in [-0.3, -0.25) is 18.9 Å². The summed E-state index contributed by atoms with van der Waals surface area (Å²) in [6.45, 7) is 0. The Labute approximate surface area is 51.0 Å². The van der Waals surface area contributed by atoms with Crippen LogP contribution in [-0.4, -0.2) is 25.8 Å². The van der Waals surface area contributed by atoms with Crippen LogP contribution in [0.3, 0.4) is 0 Å². The Morgan fingerprint density at radius 3 is 2.22 bits per heavy atom. The molecule has 1 aliphatic rings. The molecule has 0 aliphatic carbocycles. The number of hydrogen-bond acceptors (Lipinski definition) is 3. The summed E-state index contributed by atoms with van der Waals surface area (Å²) in [6, 6.07) is 0. The van der Waals surface area contributed by atoms with Gasteiger partial charge < -0.3 is 0 Å². The van der Waals surface area contributed by atoms with Gasteiger partial charge in [0.1, 0.15) is 0 Å². The standard InChI is InChI=1S/C3H3NO4S/c5-2-1-9(7,8)4-3(2)6/h1H,(H2,4,6,7,8). The Hall–Kier alpha value is -0.880. The molecule has 0 saturated heterocycles. The molecule has 0 fully saturated rings. The lowest BCUT2D eigenvalue weighted by Gasteiger charge is -1.90. The molecule has 1 atom stereocenters. The summed E-state index contributed by atoms with van der Waals surface area (Å²) >= 11 is 0. The Morgan fingerprint density at radius 1 is 1.56 bits per heavy atom. The summed E-state index contributed by atoms with van der Waals surface area (Å²) in [5.74, 6) is -1.98. The first-order chi connectivity index (χ1) is 4.01. The van der Waals surface area contributed by atoms with Crippen LogP contribution < -0.4 is 4.72 Å². The molecular formula is C3H3NO4S. The Balaban J connectivity index is 3.16. The fourth-order valence-corrected chi connectivity index (χ4v) is 1.23. The zero-order chi connectivity index (χ0) is 7.07. The van der Waals surface area contributed by atoms with E-state index in [9.17, 15) is 13.8 Å². The van der Waals surface area contributed by atoms with Crippen molar-refractivity contribution in [3.63, 3.8) is 0 Å². The SMILES string of the molecule is O=C1C=S(=O)(O)NC1=O. The Kier molecular flexibility index (Phi) is 1.07. The molecule has 0 bridgehead atoms. The first-order valence-corrected chi connectivity index (χ1v) is 3.56. The van der Waals surface area contributed by atoms with Crippen molar-refractivity contribution < 1.29 is 18.4 Å². The van der Waals surface area contributed by atoms with Gasteiger partial charge in [0.25, 0.3) is 5.78 Å². The molecule has 1 amide bonds. The van der Waals surface area contributed by atoms with E-state index in [4.69, 9.17) is 4.55 Å². The smallest absolute Gasteiger partial charge is 0.298 e. The lowest BCUT2D eigenvalue weighted by Crippen LogP contribution is -2.25. The van der Waals surface area contributed by atoms with Crippen LogP contribution in [0.4, 0.5) is 0 Å². The first kappa shape index (κ1) is 6.24. The number of hydrogen-bond donors (Lipinski definition) is 2. The van der Waals surface area contributed by atoms with Gasteiger partial charge in [-0.1, -0.05) is 0 Å². The van der Waals surface area contributed by atoms with Crippen LogP contribution in [0.1, 0.15) is 0 Å². The molecule has 0 aromatic carbocycles. The van der Waals surface area contributed by atoms with Crippen LogP contribution in [0, 0.1) is 0 Å². The molecule has 5 nitrogen and oxygen atoms in total. The molecule has 0 saturated carbocycles. The number of nitrogens with one attached hydrogen (secondary N) is 1. The third kappa shape index (κ3) is 1.08. The summed E-state index contributed by atoms with van der Waals surface area (Å²) < 4.78 is 20.4. The molecular weight excluding hydrogens is 146 g/mol. The summed E-state index contributed by atoms with van der Waals surface area (Å²) in [5, 5.41) is 0.468. The van der Waals surface area contributed by atoms with Gasteiger partial charge in [-0.05, 0) is 0 Å². The molecule has 9 heavy (non-hydrogen) atoms. The molecule has 1 aliphatic heterocycles. The molecule has 0 aromatic heterocycles. The van der Waals surface area contributed by atoms with Crippen LogP contribution in [0.2, 0.25) is 0 Å². The van der Waals surface area contributed by atoms with Crippen molar-refractivity contribution in [2.45, 2.75) is 0 Å². The number of ketones is 1. The summed E-state index contributed by atoms with van der Waals surface area (Å²) in [7, 11) is -3.47. The summed E-state index contributed by atoms with van der Waals surface area (Å²) in [6.07, 6.45) is 0. The average molecular weight is 149 g/mol. The maximum Gasteiger partial charge on any atom is 0.305 e. The van der Waals surface area contributed by atoms with Gasteiger partial charge in [0.05, 0.1) is 5.37 Å². The molecule has 6 heteroatoms. The second-order valence-corrected chi connectivity index (χ2v) is 3.06. The predicted molar refractivity (Wildman–Crippen MR) is 30.0 cm³/mol. The highest BCUT2D eigenvalue weighted by molar-refractivity contribution is 7.97. The molecule has 0 spiro atoms. The van der Waals surface area contributed by atoms with E-state index in [2.05, 4.69) is 0 Å². The molecule has 1 rings (SSSR count). The largest absolute Gasteiger partial charge is 0.305 e. The number of rotatable bonds is 0. The lowest BCUT2D eigenvalue weighted by molar-refractivity contribution is -0.132. The third-order valence-electron chi connectivity index (χ3n) is 0.730. The monoisotopic (exact) mass is 149 g/mol. The zero-order valence-electron chi connectivity index (χ0n) is 4.16. The second kappa shape index (κ2) is 1.55. The van der Waals surface area contributed by atoms with Crippen molar-refractivity contribution in [2.24, 2.45) is 0 Å². The fraction of sp³-hybridized carbons (Fsp3) is 0. The maximum atomic E-state index is 10.4. The Bertz CT molecular complexity index is 284. The van der Waals surface area contributed by atoms with Gasteiger partial charge in [0, 0.05) is 0 Å². The van der Waals surface area contributed by atoms with E-state index < -0.39 is 21.7 Å². The van der Waals surface area contributed by atoms with Gasteiger partial charge in [0.15, 0.2) is 9.99 Å². The number of amides is 1. The highest BCUT2D eigenvalue weighted by Gasteiger charge is 2.24. The highest BCUT2D eigenvalue weighted by Crippen LogP contribution is 1.87. The van der Waals surface area contributed by atoms with Crippen LogP contribution in [0.5, 0.6) is 0 Å². The molecule has 2 N–H and O–H groups in total. The topological polar surface area (TPSA) is 83.5 Å². The minimum atomic E-state index is -3.47. The highest BCUT2D eigenvalue weighted by atomic mass is 32.2. The summed E-state index contributed by atoms with van der Waals surface area (Å²) in [5.41, 5.74) is 0. The average Bonchev–Trinajstić information content (AvgIpc) is 1.79. The van der Waals surface area contributed by atoms with Crippen LogP contribution in [0.15, 0.2) is 0 Å². The van der Waals surface area contributed by atoms with Crippen LogP contribution >= 0.6 is 0 Å². The van der Waals surface area contributed by atoms with Gasteiger partial charge in [-0.2, -0.15) is 0 Å². The van der Waals surface area contributed by atoms with Crippen molar-refractivity contribution in [1.29, 1.82) is 0 Å². The van der Waals surface area contributed by atoms with Crippen molar-refractivity contribution >= 4 is 27.0 Å². The van der Waals surface area contributed by atoms with Gasteiger partial charge in [-0.25, -0.2) is 4.21 Å². The van der Waals surface area contributed by atoms with Crippen molar-refractivity contribution in [2.75, 3.05) is 0 Å². The van der Waals surface area contributed by atoms with Gasteiger partial charge >= 0.3 is 5.91 Å². The van der Waals surface area contributed by atoms with Crippen molar-refractivity contribution in [3.05, 3.63) is 0 Å². The molecule has 50 valence electrons. The van der Waals surface area contributed by atoms with E-state index in [0.29, 0.717) is 5.37 Å². The van der Waals surface area contributed by atoms with E-state index in [1.165, 1.54) is 0 Å². The maximum absolute atomic E-state index is 10.4. The summed E-state index contributed by atoms with van der Waals surface area (Å²) in [4.78, 5) is 20.3. The number of carbonyl (C=O) groups excluding carboxylic acids is 2. The van der Waals surface area contributed by atoms with Crippen LogP contribution in [-0.2, 0) is 19.6 Å². The van der Waals surface area contributed by atoms with E-state index >= 15 is 0 Å². The zero-order valence-corrected chi connectivity index (χ0v) is 4.97. The molecule has 1 heterocycles.